The van der Waals surface area contributed by atoms with Gasteiger partial charge in [0.1, 0.15) is 6.04 Å². The molecule has 108 valence electrons. The van der Waals surface area contributed by atoms with Crippen molar-refractivity contribution in [2.45, 2.75) is 58.0 Å². The summed E-state index contributed by atoms with van der Waals surface area (Å²) in [4.78, 5) is 25.7. The number of nitrogens with zero attached hydrogens (tertiary/aromatic N) is 1. The number of carbonyl (C=O) groups is 2. The molecule has 2 N–H and O–H groups in total. The second kappa shape index (κ2) is 5.49. The Morgan fingerprint density at radius 3 is 2.58 bits per heavy atom. The average Bonchev–Trinajstić information content (AvgIpc) is 2.37. The largest absolute Gasteiger partial charge is 0.480 e. The highest BCUT2D eigenvalue weighted by molar-refractivity contribution is 5.87. The normalized spacial score (nSPS) is 30.9. The number of carbonyl (C=O) groups excluding carboxylic acids is 1. The zero-order chi connectivity index (χ0) is 14.0. The van der Waals surface area contributed by atoms with Crippen LogP contribution < -0.4 is 5.32 Å². The summed E-state index contributed by atoms with van der Waals surface area (Å²) in [6.07, 6.45) is 4.69. The third-order valence-corrected chi connectivity index (χ3v) is 4.40. The van der Waals surface area contributed by atoms with E-state index in [0.717, 1.165) is 38.6 Å². The van der Waals surface area contributed by atoms with Crippen molar-refractivity contribution in [3.63, 3.8) is 0 Å². The second-order valence-corrected chi connectivity index (χ2v) is 6.37. The van der Waals surface area contributed by atoms with Crippen LogP contribution in [0.5, 0.6) is 0 Å². The quantitative estimate of drug-likeness (QED) is 0.790. The van der Waals surface area contributed by atoms with Gasteiger partial charge in [-0.2, -0.15) is 0 Å². The highest BCUT2D eigenvalue weighted by Gasteiger charge is 2.45. The van der Waals surface area contributed by atoms with Gasteiger partial charge < -0.3 is 15.3 Å². The molecule has 0 aromatic heterocycles. The minimum absolute atomic E-state index is 0.0279. The van der Waals surface area contributed by atoms with Crippen molar-refractivity contribution < 1.29 is 14.7 Å². The number of nitrogens with one attached hydrogen (secondary N) is 1. The predicted molar refractivity (Wildman–Crippen MR) is 71.8 cm³/mol. The number of hydrogen-bond acceptors (Lipinski definition) is 3. The fourth-order valence-corrected chi connectivity index (χ4v) is 3.36. The van der Waals surface area contributed by atoms with Crippen molar-refractivity contribution in [2.75, 3.05) is 13.1 Å². The van der Waals surface area contributed by atoms with Crippen molar-refractivity contribution in [3.8, 4) is 0 Å². The smallest absolute Gasteiger partial charge is 0.326 e. The fraction of sp³-hybridized carbons (Fsp3) is 0.857. The first-order valence-electron chi connectivity index (χ1n) is 7.20. The van der Waals surface area contributed by atoms with Crippen LogP contribution in [-0.2, 0) is 9.59 Å². The molecular formula is C14H24N2O3. The van der Waals surface area contributed by atoms with Crippen LogP contribution in [0.1, 0.15) is 46.0 Å². The van der Waals surface area contributed by atoms with E-state index in [9.17, 15) is 14.7 Å². The van der Waals surface area contributed by atoms with Gasteiger partial charge in [-0.15, -0.1) is 0 Å². The lowest BCUT2D eigenvalue weighted by molar-refractivity contribution is -0.160. The Hall–Kier alpha value is -1.10. The molecule has 0 radical (unpaired) electrons. The maximum Gasteiger partial charge on any atom is 0.326 e. The third-order valence-electron chi connectivity index (χ3n) is 4.40. The molecule has 2 aliphatic rings. The van der Waals surface area contributed by atoms with Crippen molar-refractivity contribution in [1.29, 1.82) is 0 Å². The summed E-state index contributed by atoms with van der Waals surface area (Å²) in [5, 5.41) is 12.7. The molecule has 1 unspecified atom stereocenters. The Labute approximate surface area is 114 Å². The van der Waals surface area contributed by atoms with E-state index < -0.39 is 12.0 Å². The van der Waals surface area contributed by atoms with E-state index in [0.29, 0.717) is 6.54 Å². The molecule has 1 amide bonds. The second-order valence-electron chi connectivity index (χ2n) is 6.37. The van der Waals surface area contributed by atoms with Crippen molar-refractivity contribution in [2.24, 2.45) is 5.41 Å². The fourth-order valence-electron chi connectivity index (χ4n) is 3.36. The summed E-state index contributed by atoms with van der Waals surface area (Å²) < 4.78 is 0. The molecule has 0 bridgehead atoms. The topological polar surface area (TPSA) is 69.6 Å². The van der Waals surface area contributed by atoms with Crippen LogP contribution in [0.2, 0.25) is 0 Å². The minimum Gasteiger partial charge on any atom is -0.480 e. The lowest BCUT2D eigenvalue weighted by atomic mass is 9.76. The van der Waals surface area contributed by atoms with Crippen LogP contribution >= 0.6 is 0 Å². The molecular weight excluding hydrogens is 244 g/mol. The Bertz CT molecular complexity index is 362. The highest BCUT2D eigenvalue weighted by atomic mass is 16.4. The van der Waals surface area contributed by atoms with Gasteiger partial charge in [0.2, 0.25) is 5.91 Å². The van der Waals surface area contributed by atoms with Crippen molar-refractivity contribution in [1.82, 2.24) is 10.2 Å². The van der Waals surface area contributed by atoms with E-state index in [2.05, 4.69) is 5.32 Å². The minimum atomic E-state index is -0.881. The SMILES string of the molecule is CC1(C)CCCN(C(=O)[C@H]2CCCCN2)C1C(=O)O. The Balaban J connectivity index is 2.15. The Kier molecular flexibility index (Phi) is 4.13. The molecule has 19 heavy (non-hydrogen) atoms. The predicted octanol–water partition coefficient (Wildman–Crippen LogP) is 1.23. The molecule has 2 fully saturated rings. The van der Waals surface area contributed by atoms with E-state index in [1.807, 2.05) is 13.8 Å². The van der Waals surface area contributed by atoms with E-state index >= 15 is 0 Å². The van der Waals surface area contributed by atoms with Crippen LogP contribution in [0.4, 0.5) is 0 Å². The van der Waals surface area contributed by atoms with Crippen LogP contribution in [-0.4, -0.2) is 47.1 Å². The molecule has 0 aliphatic carbocycles. The maximum absolute atomic E-state index is 12.6. The van der Waals surface area contributed by atoms with E-state index in [4.69, 9.17) is 0 Å². The average molecular weight is 268 g/mol. The third kappa shape index (κ3) is 2.91. The van der Waals surface area contributed by atoms with Gasteiger partial charge in [-0.25, -0.2) is 4.79 Å². The van der Waals surface area contributed by atoms with Gasteiger partial charge in [0.15, 0.2) is 0 Å². The van der Waals surface area contributed by atoms with Crippen LogP contribution in [0, 0.1) is 5.41 Å². The van der Waals surface area contributed by atoms with Gasteiger partial charge in [-0.1, -0.05) is 20.3 Å². The number of rotatable bonds is 2. The summed E-state index contributed by atoms with van der Waals surface area (Å²) in [7, 11) is 0. The molecule has 2 rings (SSSR count). The van der Waals surface area contributed by atoms with Crippen LogP contribution in [0.25, 0.3) is 0 Å². The van der Waals surface area contributed by atoms with Gasteiger partial charge in [-0.05, 0) is 37.6 Å². The molecule has 2 heterocycles. The van der Waals surface area contributed by atoms with E-state index in [1.54, 1.807) is 4.90 Å². The molecule has 2 aliphatic heterocycles. The number of amides is 1. The van der Waals surface area contributed by atoms with Crippen LogP contribution in [0.15, 0.2) is 0 Å². The molecule has 5 heteroatoms. The maximum atomic E-state index is 12.6. The lowest BCUT2D eigenvalue weighted by Gasteiger charge is -2.45. The summed E-state index contributed by atoms with van der Waals surface area (Å²) in [5.41, 5.74) is -0.353. The lowest BCUT2D eigenvalue weighted by Crippen LogP contribution is -2.60. The molecule has 0 aromatic carbocycles. The van der Waals surface area contributed by atoms with Crippen LogP contribution in [0.3, 0.4) is 0 Å². The first-order chi connectivity index (χ1) is 8.93. The Morgan fingerprint density at radius 2 is 2.00 bits per heavy atom. The van der Waals surface area contributed by atoms with Crippen molar-refractivity contribution in [3.05, 3.63) is 0 Å². The number of carboxylic acid groups (broad SMARTS) is 1. The van der Waals surface area contributed by atoms with Gasteiger partial charge in [-0.3, -0.25) is 4.79 Å². The molecule has 2 saturated heterocycles. The summed E-state index contributed by atoms with van der Waals surface area (Å²) in [6, 6.07) is -0.887. The van der Waals surface area contributed by atoms with Gasteiger partial charge in [0.25, 0.3) is 0 Å². The standard InChI is InChI=1S/C14H24N2O3/c1-14(2)7-5-9-16(11(14)13(18)19)12(17)10-6-3-4-8-15-10/h10-11,15H,3-9H2,1-2H3,(H,18,19)/t10-,11?/m1/s1. The number of piperidine rings is 2. The van der Waals surface area contributed by atoms with Gasteiger partial charge in [0.05, 0.1) is 6.04 Å². The van der Waals surface area contributed by atoms with Gasteiger partial charge >= 0.3 is 5.97 Å². The highest BCUT2D eigenvalue weighted by Crippen LogP contribution is 2.35. The van der Waals surface area contributed by atoms with Crippen molar-refractivity contribution >= 4 is 11.9 Å². The molecule has 0 spiro atoms. The number of hydrogen-bond donors (Lipinski definition) is 2. The molecule has 5 nitrogen and oxygen atoms in total. The van der Waals surface area contributed by atoms with E-state index in [1.165, 1.54) is 0 Å². The Morgan fingerprint density at radius 1 is 1.26 bits per heavy atom. The summed E-state index contributed by atoms with van der Waals surface area (Å²) in [6.45, 7) is 5.31. The molecule has 0 saturated carbocycles. The summed E-state index contributed by atoms with van der Waals surface area (Å²) in [5.74, 6) is -0.909. The monoisotopic (exact) mass is 268 g/mol. The number of carboxylic acids is 1. The molecule has 2 atom stereocenters. The summed E-state index contributed by atoms with van der Waals surface area (Å²) >= 11 is 0. The zero-order valence-electron chi connectivity index (χ0n) is 11.8. The van der Waals surface area contributed by atoms with E-state index in [-0.39, 0.29) is 17.4 Å². The first-order valence-corrected chi connectivity index (χ1v) is 7.20. The number of aliphatic carboxylic acids is 1. The first kappa shape index (κ1) is 14.3. The molecule has 0 aromatic rings. The number of likely N-dealkylation sites (tertiary alicyclic amines) is 1. The zero-order valence-corrected chi connectivity index (χ0v) is 11.8. The van der Waals surface area contributed by atoms with Gasteiger partial charge in [0, 0.05) is 6.54 Å².